The lowest BCUT2D eigenvalue weighted by Crippen LogP contribution is -2.25. The predicted octanol–water partition coefficient (Wildman–Crippen LogP) is 12.6. The minimum atomic E-state index is -0.346. The van der Waals surface area contributed by atoms with Gasteiger partial charge in [-0.1, -0.05) is 164 Å². The van der Waals surface area contributed by atoms with Gasteiger partial charge in [-0.25, -0.2) is 9.97 Å². The summed E-state index contributed by atoms with van der Waals surface area (Å²) in [6.07, 6.45) is 3.68. The van der Waals surface area contributed by atoms with Crippen LogP contribution in [-0.4, -0.2) is 15.0 Å². The number of hydrogen-bond acceptors (Lipinski definition) is 3. The number of nitrogens with zero attached hydrogens (tertiary/aromatic N) is 3. The molecule has 55 heavy (non-hydrogen) atoms. The Morgan fingerprint density at radius 1 is 0.309 bits per heavy atom. The minimum Gasteiger partial charge on any atom is -0.264 e. The number of hydrogen-bond donors (Lipinski definition) is 0. The molecule has 2 aromatic heterocycles. The molecule has 2 heterocycles. The third-order valence-electron chi connectivity index (χ3n) is 11.4. The first kappa shape index (κ1) is 31.3. The van der Waals surface area contributed by atoms with Crippen LogP contribution in [-0.2, 0) is 5.41 Å². The molecule has 0 atom stereocenters. The first-order valence-corrected chi connectivity index (χ1v) is 18.8. The monoisotopic (exact) mass is 699 g/mol. The zero-order valence-electron chi connectivity index (χ0n) is 29.9. The van der Waals surface area contributed by atoms with Gasteiger partial charge in [-0.3, -0.25) is 4.98 Å². The van der Waals surface area contributed by atoms with E-state index in [0.717, 1.165) is 44.8 Å². The molecule has 0 fully saturated rings. The van der Waals surface area contributed by atoms with Crippen molar-refractivity contribution in [1.82, 2.24) is 15.0 Å². The van der Waals surface area contributed by atoms with Crippen LogP contribution < -0.4 is 0 Å². The van der Waals surface area contributed by atoms with Crippen molar-refractivity contribution < 1.29 is 0 Å². The van der Waals surface area contributed by atoms with Crippen LogP contribution in [0.2, 0.25) is 0 Å². The standard InChI is InChI=1S/C52H33N3/c1-2-12-35(13-3-1)49-32-50(55-51(54-49)36-25-23-34(24-26-36)40-16-11-29-53-33-40)39-15-10-14-37(30-39)38-27-28-48-44(31-38)43-19-6-9-22-47(43)52(48)45-20-7-4-17-41(45)42-18-5-8-21-46(42)52/h1-33H. The van der Waals surface area contributed by atoms with Gasteiger partial charge in [0, 0.05) is 29.1 Å². The summed E-state index contributed by atoms with van der Waals surface area (Å²) < 4.78 is 0. The zero-order chi connectivity index (χ0) is 36.3. The van der Waals surface area contributed by atoms with Gasteiger partial charge in [0.05, 0.1) is 16.8 Å². The third kappa shape index (κ3) is 4.87. The summed E-state index contributed by atoms with van der Waals surface area (Å²) in [6.45, 7) is 0. The van der Waals surface area contributed by atoms with E-state index in [2.05, 4.69) is 181 Å². The van der Waals surface area contributed by atoms with Gasteiger partial charge in [-0.05, 0) is 91.0 Å². The topological polar surface area (TPSA) is 38.7 Å². The molecule has 2 aliphatic carbocycles. The number of rotatable bonds is 5. The van der Waals surface area contributed by atoms with Crippen LogP contribution in [0.1, 0.15) is 22.3 Å². The number of fused-ring (bicyclic) bond motifs is 10. The van der Waals surface area contributed by atoms with E-state index in [4.69, 9.17) is 9.97 Å². The maximum Gasteiger partial charge on any atom is 0.160 e. The molecule has 7 aromatic carbocycles. The van der Waals surface area contributed by atoms with Crippen LogP contribution >= 0.6 is 0 Å². The molecule has 0 N–H and O–H groups in total. The first-order valence-electron chi connectivity index (χ1n) is 18.8. The maximum absolute atomic E-state index is 5.19. The van der Waals surface area contributed by atoms with Gasteiger partial charge < -0.3 is 0 Å². The summed E-state index contributed by atoms with van der Waals surface area (Å²) in [5.74, 6) is 0.691. The van der Waals surface area contributed by atoms with E-state index in [0.29, 0.717) is 5.82 Å². The van der Waals surface area contributed by atoms with Crippen molar-refractivity contribution >= 4 is 0 Å². The first-order chi connectivity index (χ1) is 27.3. The molecule has 1 spiro atoms. The van der Waals surface area contributed by atoms with Crippen molar-refractivity contribution in [2.75, 3.05) is 0 Å². The van der Waals surface area contributed by atoms with Gasteiger partial charge in [0.2, 0.25) is 0 Å². The van der Waals surface area contributed by atoms with Crippen LogP contribution in [0, 0.1) is 0 Å². The van der Waals surface area contributed by atoms with Crippen LogP contribution in [0.25, 0.3) is 78.4 Å². The van der Waals surface area contributed by atoms with Crippen molar-refractivity contribution in [2.24, 2.45) is 0 Å². The number of aromatic nitrogens is 3. The summed E-state index contributed by atoms with van der Waals surface area (Å²) in [5, 5.41) is 0. The fraction of sp³-hybridized carbons (Fsp3) is 0.0192. The lowest BCUT2D eigenvalue weighted by Gasteiger charge is -2.30. The Labute approximate surface area is 320 Å². The number of pyridine rings is 1. The second-order valence-corrected chi connectivity index (χ2v) is 14.4. The Hall–Kier alpha value is -7.23. The third-order valence-corrected chi connectivity index (χ3v) is 11.4. The van der Waals surface area contributed by atoms with Crippen molar-refractivity contribution in [3.8, 4) is 78.4 Å². The Morgan fingerprint density at radius 3 is 1.49 bits per heavy atom. The Bertz CT molecular complexity index is 2870. The maximum atomic E-state index is 5.19. The Kier molecular flexibility index (Phi) is 7.08. The summed E-state index contributed by atoms with van der Waals surface area (Å²) >= 11 is 0. The molecule has 0 saturated carbocycles. The predicted molar refractivity (Wildman–Crippen MR) is 223 cm³/mol. The second kappa shape index (κ2) is 12.4. The van der Waals surface area contributed by atoms with E-state index in [9.17, 15) is 0 Å². The van der Waals surface area contributed by atoms with Gasteiger partial charge in [0.25, 0.3) is 0 Å². The van der Waals surface area contributed by atoms with Crippen molar-refractivity contribution in [3.05, 3.63) is 223 Å². The van der Waals surface area contributed by atoms with Gasteiger partial charge >= 0.3 is 0 Å². The van der Waals surface area contributed by atoms with E-state index in [1.807, 2.05) is 18.3 Å². The molecule has 0 radical (unpaired) electrons. The Morgan fingerprint density at radius 2 is 0.818 bits per heavy atom. The van der Waals surface area contributed by atoms with Crippen LogP contribution in [0.3, 0.4) is 0 Å². The van der Waals surface area contributed by atoms with E-state index in [-0.39, 0.29) is 5.41 Å². The van der Waals surface area contributed by atoms with E-state index in [1.165, 1.54) is 50.1 Å². The lowest BCUT2D eigenvalue weighted by atomic mass is 9.70. The highest BCUT2D eigenvalue weighted by Crippen LogP contribution is 2.62. The molecule has 9 aromatic rings. The van der Waals surface area contributed by atoms with Gasteiger partial charge in [-0.15, -0.1) is 0 Å². The molecule has 0 unspecified atom stereocenters. The van der Waals surface area contributed by atoms with Crippen LogP contribution in [0.15, 0.2) is 200 Å². The quantitative estimate of drug-likeness (QED) is 0.179. The molecule has 0 amide bonds. The highest BCUT2D eigenvalue weighted by atomic mass is 14.9. The molecule has 256 valence electrons. The van der Waals surface area contributed by atoms with E-state index in [1.54, 1.807) is 6.20 Å². The molecule has 3 nitrogen and oxygen atoms in total. The molecule has 11 rings (SSSR count). The fourth-order valence-electron chi connectivity index (χ4n) is 8.96. The molecule has 0 aliphatic heterocycles. The normalized spacial score (nSPS) is 12.9. The Balaban J connectivity index is 1.03. The van der Waals surface area contributed by atoms with Gasteiger partial charge in [-0.2, -0.15) is 0 Å². The molecule has 0 bridgehead atoms. The van der Waals surface area contributed by atoms with Crippen LogP contribution in [0.5, 0.6) is 0 Å². The summed E-state index contributed by atoms with van der Waals surface area (Å²) in [5.41, 5.74) is 19.6. The van der Waals surface area contributed by atoms with E-state index >= 15 is 0 Å². The summed E-state index contributed by atoms with van der Waals surface area (Å²) in [7, 11) is 0. The lowest BCUT2D eigenvalue weighted by molar-refractivity contribution is 0.794. The minimum absolute atomic E-state index is 0.346. The largest absolute Gasteiger partial charge is 0.264 e. The zero-order valence-corrected chi connectivity index (χ0v) is 29.9. The summed E-state index contributed by atoms with van der Waals surface area (Å²) in [6, 6.07) is 67.7. The summed E-state index contributed by atoms with van der Waals surface area (Å²) in [4.78, 5) is 14.6. The highest BCUT2D eigenvalue weighted by Gasteiger charge is 2.51. The van der Waals surface area contributed by atoms with Crippen molar-refractivity contribution in [2.45, 2.75) is 5.41 Å². The van der Waals surface area contributed by atoms with Crippen molar-refractivity contribution in [1.29, 1.82) is 0 Å². The SMILES string of the molecule is c1ccc(-c2cc(-c3cccc(-c4ccc5c(c4)-c4ccccc4C54c5ccccc5-c5ccccc54)c3)nc(-c3ccc(-c4cccnc4)cc3)n2)cc1. The van der Waals surface area contributed by atoms with Gasteiger partial charge in [0.15, 0.2) is 5.82 Å². The molecule has 2 aliphatic rings. The molecular formula is C52H33N3. The second-order valence-electron chi connectivity index (χ2n) is 14.4. The number of benzene rings is 7. The molecule has 0 saturated heterocycles. The van der Waals surface area contributed by atoms with Gasteiger partial charge in [0.1, 0.15) is 0 Å². The average molecular weight is 700 g/mol. The van der Waals surface area contributed by atoms with Crippen molar-refractivity contribution in [3.63, 3.8) is 0 Å². The van der Waals surface area contributed by atoms with Crippen LogP contribution in [0.4, 0.5) is 0 Å². The molecule has 3 heteroatoms. The smallest absolute Gasteiger partial charge is 0.160 e. The fourth-order valence-corrected chi connectivity index (χ4v) is 8.96. The highest BCUT2D eigenvalue weighted by molar-refractivity contribution is 5.96. The molecular weight excluding hydrogens is 667 g/mol. The van der Waals surface area contributed by atoms with E-state index < -0.39 is 0 Å². The average Bonchev–Trinajstić information content (AvgIpc) is 3.74.